The third-order valence-electron chi connectivity index (χ3n) is 7.21. The Labute approximate surface area is 252 Å². The summed E-state index contributed by atoms with van der Waals surface area (Å²) in [7, 11) is 0. The maximum Gasteiger partial charge on any atom is 0.221 e. The number of pyridine rings is 1. The molecule has 0 radical (unpaired) electrons. The van der Waals surface area contributed by atoms with E-state index in [9.17, 15) is 4.79 Å². The lowest BCUT2D eigenvalue weighted by Crippen LogP contribution is -2.16. The molecule has 9 nitrogen and oxygen atoms in total. The maximum absolute atomic E-state index is 12.0. The van der Waals surface area contributed by atoms with Crippen LogP contribution < -0.4 is 25.8 Å². The number of aromatic nitrogens is 3. The quantitative estimate of drug-likeness (QED) is 0.152. The van der Waals surface area contributed by atoms with E-state index in [0.29, 0.717) is 31.3 Å². The number of nitrogens with two attached hydrogens (primary N) is 1. The number of carbonyl (C=O) groups is 1. The van der Waals surface area contributed by atoms with Gasteiger partial charge in [0.2, 0.25) is 5.91 Å². The fourth-order valence-corrected chi connectivity index (χ4v) is 5.25. The highest BCUT2D eigenvalue weighted by atomic mass is 16.5. The Balaban J connectivity index is 1.42. The summed E-state index contributed by atoms with van der Waals surface area (Å²) in [4.78, 5) is 16.7. The minimum atomic E-state index is -0.425. The average Bonchev–Trinajstić information content (AvgIpc) is 3.55. The lowest BCUT2D eigenvalue weighted by molar-refractivity contribution is -0.117. The summed E-state index contributed by atoms with van der Waals surface area (Å²) in [5, 5.41) is 12.4. The van der Waals surface area contributed by atoms with Gasteiger partial charge in [0.25, 0.3) is 0 Å². The van der Waals surface area contributed by atoms with Crippen molar-refractivity contribution in [3.63, 3.8) is 0 Å². The van der Waals surface area contributed by atoms with Crippen molar-refractivity contribution >= 4 is 28.2 Å². The molecule has 2 aromatic heterocycles. The lowest BCUT2D eigenvalue weighted by Gasteiger charge is -2.20. The summed E-state index contributed by atoms with van der Waals surface area (Å²) in [5.41, 5.74) is 13.5. The third kappa shape index (κ3) is 6.95. The van der Waals surface area contributed by atoms with Crippen molar-refractivity contribution in [1.29, 1.82) is 0 Å². The minimum Gasteiger partial charge on any atom is -0.490 e. The summed E-state index contributed by atoms with van der Waals surface area (Å²) >= 11 is 0. The van der Waals surface area contributed by atoms with Crippen LogP contribution in [-0.4, -0.2) is 33.9 Å². The van der Waals surface area contributed by atoms with E-state index in [1.165, 1.54) is 16.7 Å². The number of fused-ring (bicyclic) bond motifs is 1. The van der Waals surface area contributed by atoms with Crippen molar-refractivity contribution in [2.75, 3.05) is 18.5 Å². The highest BCUT2D eigenvalue weighted by Gasteiger charge is 2.17. The second kappa shape index (κ2) is 13.8. The average molecular weight is 579 g/mol. The van der Waals surface area contributed by atoms with Gasteiger partial charge in [0.15, 0.2) is 11.5 Å². The van der Waals surface area contributed by atoms with Crippen LogP contribution >= 0.6 is 0 Å². The number of anilines is 2. The molecule has 0 aliphatic rings. The second-order valence-corrected chi connectivity index (χ2v) is 10.1. The first-order valence-electron chi connectivity index (χ1n) is 14.7. The number of hydrogen-bond donors (Lipinski definition) is 3. The number of amides is 1. The molecular formula is C34H38N6O3. The molecular weight excluding hydrogens is 540 g/mol. The van der Waals surface area contributed by atoms with Gasteiger partial charge in [-0.1, -0.05) is 31.2 Å². The highest BCUT2D eigenvalue weighted by Crippen LogP contribution is 2.38. The van der Waals surface area contributed by atoms with Gasteiger partial charge in [0, 0.05) is 54.4 Å². The first-order chi connectivity index (χ1) is 21.0. The molecule has 0 aliphatic carbocycles. The van der Waals surface area contributed by atoms with Gasteiger partial charge in [-0.05, 0) is 67.3 Å². The van der Waals surface area contributed by atoms with E-state index in [4.69, 9.17) is 15.2 Å². The van der Waals surface area contributed by atoms with Crippen molar-refractivity contribution in [1.82, 2.24) is 20.1 Å². The van der Waals surface area contributed by atoms with Crippen molar-refractivity contribution in [3.8, 4) is 17.2 Å². The number of benzene rings is 3. The van der Waals surface area contributed by atoms with Crippen LogP contribution in [0.4, 0.5) is 11.4 Å². The molecule has 0 saturated heterocycles. The van der Waals surface area contributed by atoms with Gasteiger partial charge >= 0.3 is 0 Å². The fraction of sp³-hybridized carbons (Fsp3) is 0.265. The molecule has 0 unspecified atom stereocenters. The normalized spacial score (nSPS) is 11.0. The Bertz CT molecular complexity index is 1680. The van der Waals surface area contributed by atoms with Crippen LogP contribution in [0, 0.1) is 0 Å². The Morgan fingerprint density at radius 3 is 2.37 bits per heavy atom. The molecule has 1 amide bonds. The monoisotopic (exact) mass is 578 g/mol. The van der Waals surface area contributed by atoms with Crippen LogP contribution in [-0.2, 0) is 30.7 Å². The molecule has 5 aromatic rings. The molecule has 0 bridgehead atoms. The first-order valence-corrected chi connectivity index (χ1v) is 14.7. The third-order valence-corrected chi connectivity index (χ3v) is 7.21. The van der Waals surface area contributed by atoms with Crippen LogP contribution in [0.15, 0.2) is 79.3 Å². The van der Waals surface area contributed by atoms with Crippen LogP contribution in [0.25, 0.3) is 16.6 Å². The van der Waals surface area contributed by atoms with Gasteiger partial charge in [-0.3, -0.25) is 9.78 Å². The van der Waals surface area contributed by atoms with Crippen molar-refractivity contribution in [2.24, 2.45) is 5.73 Å². The van der Waals surface area contributed by atoms with Crippen LogP contribution in [0.5, 0.6) is 11.5 Å². The zero-order valence-electron chi connectivity index (χ0n) is 24.9. The largest absolute Gasteiger partial charge is 0.490 e. The highest BCUT2D eigenvalue weighted by molar-refractivity contribution is 5.98. The predicted octanol–water partition coefficient (Wildman–Crippen LogP) is 5.84. The van der Waals surface area contributed by atoms with E-state index < -0.39 is 5.91 Å². The Hall–Kier alpha value is -4.89. The van der Waals surface area contributed by atoms with Gasteiger partial charge in [0.05, 0.1) is 36.5 Å². The van der Waals surface area contributed by atoms with Crippen LogP contribution in [0.2, 0.25) is 0 Å². The second-order valence-electron chi connectivity index (χ2n) is 10.1. The smallest absolute Gasteiger partial charge is 0.221 e. The van der Waals surface area contributed by atoms with Gasteiger partial charge in [0.1, 0.15) is 0 Å². The number of carbonyl (C=O) groups excluding carboxylic acids is 1. The standard InChI is InChI=1S/C34H38N6O3/c1-4-27-24(21-36-20-23-11-13-26(14-12-23)40-16-8-15-38-40)9-7-10-29(27)39-34-25(17-33(35)41)22-37-30-19-32(43-6-3)31(42-5-2)18-28(30)34/h7-16,18-19,22,36H,4-6,17,20-21H2,1-3H3,(H2,35,41)(H,37,39). The molecule has 0 fully saturated rings. The molecule has 0 atom stereocenters. The number of nitrogens with one attached hydrogen (secondary N) is 2. The van der Waals surface area contributed by atoms with Gasteiger partial charge in [-0.15, -0.1) is 0 Å². The van der Waals surface area contributed by atoms with Gasteiger partial charge in [-0.2, -0.15) is 5.10 Å². The Morgan fingerprint density at radius 1 is 0.930 bits per heavy atom. The Morgan fingerprint density at radius 2 is 1.70 bits per heavy atom. The van der Waals surface area contributed by atoms with Crippen molar-refractivity contribution in [2.45, 2.75) is 46.7 Å². The zero-order valence-corrected chi connectivity index (χ0v) is 24.9. The topological polar surface area (TPSA) is 116 Å². The summed E-state index contributed by atoms with van der Waals surface area (Å²) in [6.45, 7) is 8.46. The molecule has 3 aromatic carbocycles. The van der Waals surface area contributed by atoms with Gasteiger partial charge in [-0.25, -0.2) is 4.68 Å². The fourth-order valence-electron chi connectivity index (χ4n) is 5.25. The van der Waals surface area contributed by atoms with E-state index in [1.54, 1.807) is 12.4 Å². The molecule has 43 heavy (non-hydrogen) atoms. The minimum absolute atomic E-state index is 0.0599. The molecule has 0 saturated carbocycles. The molecule has 4 N–H and O–H groups in total. The van der Waals surface area contributed by atoms with Crippen molar-refractivity contribution < 1.29 is 14.3 Å². The van der Waals surface area contributed by atoms with E-state index >= 15 is 0 Å². The van der Waals surface area contributed by atoms with Crippen LogP contribution in [0.1, 0.15) is 43.0 Å². The number of nitrogens with zero attached hydrogens (tertiary/aromatic N) is 3. The first kappa shape index (κ1) is 29.6. The summed E-state index contributed by atoms with van der Waals surface area (Å²) in [5.74, 6) is 0.840. The predicted molar refractivity (Wildman–Crippen MR) is 170 cm³/mol. The lowest BCUT2D eigenvalue weighted by atomic mass is 10.0. The molecule has 5 rings (SSSR count). The van der Waals surface area contributed by atoms with Crippen molar-refractivity contribution in [3.05, 3.63) is 102 Å². The zero-order chi connectivity index (χ0) is 30.2. The number of hydrogen-bond acceptors (Lipinski definition) is 7. The van der Waals surface area contributed by atoms with E-state index in [1.807, 2.05) is 49.0 Å². The summed E-state index contributed by atoms with van der Waals surface area (Å²) < 4.78 is 13.6. The molecule has 0 aliphatic heterocycles. The summed E-state index contributed by atoms with van der Waals surface area (Å²) in [6, 6.07) is 20.4. The van der Waals surface area contributed by atoms with Gasteiger partial charge < -0.3 is 25.8 Å². The number of ether oxygens (including phenoxy) is 2. The maximum atomic E-state index is 12.0. The Kier molecular flexibility index (Phi) is 9.53. The van der Waals surface area contributed by atoms with E-state index in [2.05, 4.69) is 64.0 Å². The molecule has 222 valence electrons. The number of rotatable bonds is 14. The van der Waals surface area contributed by atoms with E-state index in [0.717, 1.165) is 46.5 Å². The van der Waals surface area contributed by atoms with E-state index in [-0.39, 0.29) is 6.42 Å². The molecule has 0 spiro atoms. The molecule has 2 heterocycles. The summed E-state index contributed by atoms with van der Waals surface area (Å²) in [6.07, 6.45) is 6.30. The van der Waals surface area contributed by atoms with Crippen LogP contribution in [0.3, 0.4) is 0 Å². The number of primary amides is 1. The molecule has 9 heteroatoms. The SMILES string of the molecule is CCOc1cc2ncc(CC(N)=O)c(Nc3cccc(CNCc4ccc(-n5cccn5)cc4)c3CC)c2cc1OCC.